The summed E-state index contributed by atoms with van der Waals surface area (Å²) >= 11 is 5.97. The topological polar surface area (TPSA) is 132 Å². The Morgan fingerprint density at radius 2 is 1.78 bits per heavy atom. The molecule has 0 spiro atoms. The number of para-hydroxylation sites is 1. The number of nitrogens with one attached hydrogen (secondary N) is 1. The number of phenols is 1. The summed E-state index contributed by atoms with van der Waals surface area (Å²) in [5.41, 5.74) is 4.71. The molecule has 0 radical (unpaired) electrons. The van der Waals surface area contributed by atoms with Gasteiger partial charge in [-0.15, -0.1) is 0 Å². The number of aldehydes is 1. The van der Waals surface area contributed by atoms with Crippen LogP contribution in [0.5, 0.6) is 5.75 Å². The van der Waals surface area contributed by atoms with E-state index in [1.807, 2.05) is 6.07 Å². The van der Waals surface area contributed by atoms with E-state index in [0.717, 1.165) is 0 Å². The molecule has 0 aliphatic rings. The third-order valence-electron chi connectivity index (χ3n) is 5.85. The van der Waals surface area contributed by atoms with Crippen molar-refractivity contribution in [3.8, 4) is 34.2 Å². The molecule has 1 heterocycles. The maximum absolute atomic E-state index is 13.9. The van der Waals surface area contributed by atoms with Crippen molar-refractivity contribution in [1.29, 1.82) is 5.26 Å². The number of benzene rings is 3. The molecule has 12 heteroatoms. The van der Waals surface area contributed by atoms with Gasteiger partial charge in [-0.2, -0.15) is 18.4 Å². The second-order valence-electron chi connectivity index (χ2n) is 9.11. The molecule has 3 aromatic carbocycles. The largest absolute Gasteiger partial charge is 0.507 e. The first-order valence-corrected chi connectivity index (χ1v) is 12.3. The van der Waals surface area contributed by atoms with Crippen molar-refractivity contribution >= 4 is 41.0 Å². The number of nitriles is 1. The zero-order valence-corrected chi connectivity index (χ0v) is 22.0. The summed E-state index contributed by atoms with van der Waals surface area (Å²) < 4.78 is 41.7. The number of hydrogen-bond acceptors (Lipinski definition) is 7. The van der Waals surface area contributed by atoms with Gasteiger partial charge in [0.2, 0.25) is 0 Å². The Morgan fingerprint density at radius 1 is 1.07 bits per heavy atom. The lowest BCUT2D eigenvalue weighted by Crippen LogP contribution is -2.46. The summed E-state index contributed by atoms with van der Waals surface area (Å²) in [7, 11) is 0. The van der Waals surface area contributed by atoms with E-state index >= 15 is 0 Å². The van der Waals surface area contributed by atoms with Gasteiger partial charge in [0.25, 0.3) is 0 Å². The molecule has 1 atom stereocenters. The number of pyridine rings is 1. The van der Waals surface area contributed by atoms with E-state index in [9.17, 15) is 33.1 Å². The molecule has 41 heavy (non-hydrogen) atoms. The van der Waals surface area contributed by atoms with Gasteiger partial charge in [0, 0.05) is 21.8 Å². The highest BCUT2D eigenvalue weighted by Crippen LogP contribution is 2.41. The molecular formula is C29H21ClF3N5O3. The van der Waals surface area contributed by atoms with Crippen molar-refractivity contribution in [3.63, 3.8) is 0 Å². The number of phenolic OH excluding ortho intramolecular Hbond substituents is 1. The number of carbonyl (C=O) groups excluding carboxylic acids is 2. The molecule has 0 aliphatic carbocycles. The van der Waals surface area contributed by atoms with Gasteiger partial charge in [0.1, 0.15) is 23.0 Å². The number of rotatable bonds is 7. The van der Waals surface area contributed by atoms with E-state index in [0.29, 0.717) is 22.4 Å². The van der Waals surface area contributed by atoms with Crippen LogP contribution >= 0.6 is 11.6 Å². The average Bonchev–Trinajstić information content (AvgIpc) is 2.93. The number of alkyl halides is 3. The molecule has 0 bridgehead atoms. The molecule has 208 valence electrons. The summed E-state index contributed by atoms with van der Waals surface area (Å²) in [6.45, 7) is 1.43. The number of nitrogens with two attached hydrogens (primary N) is 1. The zero-order valence-electron chi connectivity index (χ0n) is 21.3. The van der Waals surface area contributed by atoms with E-state index in [-0.39, 0.29) is 38.8 Å². The van der Waals surface area contributed by atoms with Gasteiger partial charge in [0.05, 0.1) is 11.4 Å². The fraction of sp³-hybridized carbons (Fsp3) is 0.103. The number of carbonyl (C=O) groups is 2. The molecule has 0 aliphatic heterocycles. The van der Waals surface area contributed by atoms with E-state index < -0.39 is 23.6 Å². The molecule has 1 aromatic heterocycles. The Labute approximate surface area is 237 Å². The van der Waals surface area contributed by atoms with Crippen LogP contribution in [0.3, 0.4) is 0 Å². The van der Waals surface area contributed by atoms with Crippen molar-refractivity contribution in [1.82, 2.24) is 4.98 Å². The highest BCUT2D eigenvalue weighted by atomic mass is 35.5. The molecule has 8 nitrogen and oxygen atoms in total. The molecule has 1 amide bonds. The van der Waals surface area contributed by atoms with Crippen LogP contribution in [0, 0.1) is 11.3 Å². The highest BCUT2D eigenvalue weighted by Gasteiger charge is 2.45. The molecule has 0 saturated heterocycles. The minimum Gasteiger partial charge on any atom is -0.507 e. The fourth-order valence-corrected chi connectivity index (χ4v) is 4.20. The smallest absolute Gasteiger partial charge is 0.472 e. The zero-order chi connectivity index (χ0) is 29.9. The first-order valence-electron chi connectivity index (χ1n) is 11.9. The number of amides is 1. The second kappa shape index (κ2) is 11.3. The molecule has 4 N–H and O–H groups in total. The summed E-state index contributed by atoms with van der Waals surface area (Å²) in [6.07, 6.45) is -4.83. The van der Waals surface area contributed by atoms with Crippen LogP contribution < -0.4 is 16.0 Å². The van der Waals surface area contributed by atoms with Gasteiger partial charge in [-0.25, -0.2) is 4.98 Å². The van der Waals surface area contributed by atoms with E-state index in [1.54, 1.807) is 24.3 Å². The van der Waals surface area contributed by atoms with Gasteiger partial charge in [-0.05, 0) is 61.0 Å². The lowest BCUT2D eigenvalue weighted by Gasteiger charge is -2.26. The Balaban J connectivity index is 2.07. The summed E-state index contributed by atoms with van der Waals surface area (Å²) in [4.78, 5) is 28.8. The third-order valence-corrected chi connectivity index (χ3v) is 6.09. The van der Waals surface area contributed by atoms with Gasteiger partial charge in [-0.3, -0.25) is 14.5 Å². The average molecular weight is 580 g/mol. The number of aromatic nitrogens is 1. The number of aromatic hydroxyl groups is 1. The molecular weight excluding hydrogens is 559 g/mol. The van der Waals surface area contributed by atoms with E-state index in [4.69, 9.17) is 17.3 Å². The molecule has 0 unspecified atom stereocenters. The SMILES string of the molecule is C[C@@](N)(C=O)Nc1cccc(-c2cc(-c3ccc(Cl)cc3O)nc(N(C(=O)C(F)(F)F)c3ccccc3)c2C#N)c1. The number of hydrogen-bond donors (Lipinski definition) is 3. The first-order chi connectivity index (χ1) is 19.3. The Hall–Kier alpha value is -4.92. The van der Waals surface area contributed by atoms with Crippen molar-refractivity contribution in [2.24, 2.45) is 5.73 Å². The quantitative estimate of drug-likeness (QED) is 0.176. The van der Waals surface area contributed by atoms with Crippen LogP contribution in [0.25, 0.3) is 22.4 Å². The van der Waals surface area contributed by atoms with E-state index in [2.05, 4.69) is 10.3 Å². The van der Waals surface area contributed by atoms with Gasteiger partial charge in [-0.1, -0.05) is 41.9 Å². The Morgan fingerprint density at radius 3 is 2.39 bits per heavy atom. The summed E-state index contributed by atoms with van der Waals surface area (Å²) in [6, 6.07) is 20.6. The highest BCUT2D eigenvalue weighted by molar-refractivity contribution is 6.30. The second-order valence-corrected chi connectivity index (χ2v) is 9.54. The lowest BCUT2D eigenvalue weighted by molar-refractivity contribution is -0.169. The van der Waals surface area contributed by atoms with Crippen LogP contribution in [0.4, 0.5) is 30.4 Å². The molecule has 0 fully saturated rings. The predicted octanol–water partition coefficient (Wildman–Crippen LogP) is 6.16. The molecule has 0 saturated carbocycles. The van der Waals surface area contributed by atoms with Crippen LogP contribution in [-0.2, 0) is 9.59 Å². The van der Waals surface area contributed by atoms with Crippen LogP contribution in [0.15, 0.2) is 78.9 Å². The fourth-order valence-electron chi connectivity index (χ4n) is 4.04. The van der Waals surface area contributed by atoms with Crippen LogP contribution in [0.2, 0.25) is 5.02 Å². The van der Waals surface area contributed by atoms with Gasteiger partial charge >= 0.3 is 12.1 Å². The van der Waals surface area contributed by atoms with Crippen molar-refractivity contribution < 1.29 is 27.9 Å². The normalized spacial score (nSPS) is 12.6. The van der Waals surface area contributed by atoms with Crippen LogP contribution in [0.1, 0.15) is 12.5 Å². The molecule has 4 aromatic rings. The maximum Gasteiger partial charge on any atom is 0.472 e. The van der Waals surface area contributed by atoms with Crippen LogP contribution in [-0.4, -0.2) is 34.1 Å². The van der Waals surface area contributed by atoms with Crippen molar-refractivity contribution in [3.05, 3.63) is 89.4 Å². The minimum absolute atomic E-state index is 0.0472. The summed E-state index contributed by atoms with van der Waals surface area (Å²) in [5.74, 6) is -3.23. The number of halogens is 4. The Kier molecular flexibility index (Phi) is 8.00. The number of anilines is 3. The minimum atomic E-state index is -5.33. The standard InChI is InChI=1S/C29H21ClF3N5O3/c1-28(35,16-39)37-19-7-5-6-17(12-19)22-14-24(21-11-10-18(30)13-25(21)40)36-26(23(22)15-34)38(27(41)29(31,32)33)20-8-3-2-4-9-20/h2-14,16,37,40H,35H2,1H3/t28-/m0/s1. The van der Waals surface area contributed by atoms with Crippen molar-refractivity contribution in [2.75, 3.05) is 10.2 Å². The maximum atomic E-state index is 13.9. The monoisotopic (exact) mass is 579 g/mol. The van der Waals surface area contributed by atoms with Gasteiger partial charge in [0.15, 0.2) is 12.1 Å². The lowest BCUT2D eigenvalue weighted by atomic mass is 9.97. The third kappa shape index (κ3) is 6.30. The summed E-state index contributed by atoms with van der Waals surface area (Å²) in [5, 5.41) is 23.9. The van der Waals surface area contributed by atoms with E-state index in [1.165, 1.54) is 61.5 Å². The van der Waals surface area contributed by atoms with Gasteiger partial charge < -0.3 is 16.2 Å². The van der Waals surface area contributed by atoms with Crippen molar-refractivity contribution in [2.45, 2.75) is 18.8 Å². The Bertz CT molecular complexity index is 1670. The molecule has 4 rings (SSSR count). The number of nitrogens with zero attached hydrogens (tertiary/aromatic N) is 3. The predicted molar refractivity (Wildman–Crippen MR) is 148 cm³/mol. The first kappa shape index (κ1) is 29.1.